The molecule has 70 valence electrons. The summed E-state index contributed by atoms with van der Waals surface area (Å²) in [7, 11) is 0. The van der Waals surface area contributed by atoms with Crippen molar-refractivity contribution in [2.45, 2.75) is 38.7 Å². The van der Waals surface area contributed by atoms with Gasteiger partial charge in [-0.2, -0.15) is 0 Å². The fraction of sp³-hybridized carbons (Fsp3) is 0.875. The minimum atomic E-state index is -2.64. The molecule has 0 aromatic carbocycles. The average Bonchev–Trinajstić information content (AvgIpc) is 1.80. The van der Waals surface area contributed by atoms with Gasteiger partial charge in [-0.1, -0.05) is 0 Å². The second-order valence-corrected chi connectivity index (χ2v) is 3.45. The summed E-state index contributed by atoms with van der Waals surface area (Å²) in [5.41, 5.74) is 0. The SMILES string of the molecule is CC(C)OC(=O)C1CC(F)(F)C1. The topological polar surface area (TPSA) is 26.3 Å². The van der Waals surface area contributed by atoms with Crippen LogP contribution in [0.1, 0.15) is 26.7 Å². The molecule has 0 amide bonds. The van der Waals surface area contributed by atoms with E-state index in [1.165, 1.54) is 0 Å². The first-order valence-electron chi connectivity index (χ1n) is 3.99. The van der Waals surface area contributed by atoms with Crippen molar-refractivity contribution in [2.75, 3.05) is 0 Å². The van der Waals surface area contributed by atoms with Gasteiger partial charge in [-0.25, -0.2) is 8.78 Å². The van der Waals surface area contributed by atoms with Gasteiger partial charge in [0.25, 0.3) is 0 Å². The fourth-order valence-corrected chi connectivity index (χ4v) is 1.16. The van der Waals surface area contributed by atoms with E-state index < -0.39 is 17.8 Å². The number of halogens is 2. The Labute approximate surface area is 69.9 Å². The second kappa shape index (κ2) is 2.99. The van der Waals surface area contributed by atoms with Crippen molar-refractivity contribution >= 4 is 5.97 Å². The predicted molar refractivity (Wildman–Crippen MR) is 38.9 cm³/mol. The molecule has 0 N–H and O–H groups in total. The van der Waals surface area contributed by atoms with Crippen LogP contribution in [0.4, 0.5) is 8.78 Å². The van der Waals surface area contributed by atoms with E-state index in [2.05, 4.69) is 0 Å². The molecule has 2 nitrogen and oxygen atoms in total. The number of ether oxygens (including phenoxy) is 1. The maximum absolute atomic E-state index is 12.3. The third-order valence-electron chi connectivity index (χ3n) is 1.78. The van der Waals surface area contributed by atoms with Gasteiger partial charge in [-0.05, 0) is 13.8 Å². The van der Waals surface area contributed by atoms with Gasteiger partial charge >= 0.3 is 5.97 Å². The van der Waals surface area contributed by atoms with Gasteiger partial charge in [0.2, 0.25) is 5.92 Å². The highest BCUT2D eigenvalue weighted by molar-refractivity contribution is 5.74. The number of carbonyl (C=O) groups excluding carboxylic acids is 1. The smallest absolute Gasteiger partial charge is 0.309 e. The lowest BCUT2D eigenvalue weighted by Gasteiger charge is -2.33. The van der Waals surface area contributed by atoms with Crippen molar-refractivity contribution in [1.82, 2.24) is 0 Å². The maximum atomic E-state index is 12.3. The molecule has 4 heteroatoms. The van der Waals surface area contributed by atoms with Crippen molar-refractivity contribution in [2.24, 2.45) is 5.92 Å². The molecule has 1 aliphatic rings. The van der Waals surface area contributed by atoms with Crippen LogP contribution < -0.4 is 0 Å². The quantitative estimate of drug-likeness (QED) is 0.604. The number of rotatable bonds is 2. The van der Waals surface area contributed by atoms with E-state index in [4.69, 9.17) is 4.74 Å². The number of hydrogen-bond acceptors (Lipinski definition) is 2. The summed E-state index contributed by atoms with van der Waals surface area (Å²) in [5, 5.41) is 0. The molecule has 0 heterocycles. The lowest BCUT2D eigenvalue weighted by Crippen LogP contribution is -2.41. The molecule has 0 saturated heterocycles. The molecule has 0 aromatic rings. The molecular formula is C8H12F2O2. The van der Waals surface area contributed by atoms with Crippen molar-refractivity contribution in [3.8, 4) is 0 Å². The van der Waals surface area contributed by atoms with Crippen LogP contribution >= 0.6 is 0 Å². The minimum absolute atomic E-state index is 0.216. The highest BCUT2D eigenvalue weighted by Crippen LogP contribution is 2.42. The Kier molecular flexibility index (Phi) is 2.35. The second-order valence-electron chi connectivity index (χ2n) is 3.45. The lowest BCUT2D eigenvalue weighted by atomic mass is 9.81. The Morgan fingerprint density at radius 1 is 1.50 bits per heavy atom. The fourth-order valence-electron chi connectivity index (χ4n) is 1.16. The molecule has 1 saturated carbocycles. The third-order valence-corrected chi connectivity index (χ3v) is 1.78. The summed E-state index contributed by atoms with van der Waals surface area (Å²) in [6, 6.07) is 0. The maximum Gasteiger partial charge on any atom is 0.309 e. The van der Waals surface area contributed by atoms with E-state index in [0.29, 0.717) is 0 Å². The van der Waals surface area contributed by atoms with Gasteiger partial charge in [-0.15, -0.1) is 0 Å². The van der Waals surface area contributed by atoms with Crippen molar-refractivity contribution in [3.63, 3.8) is 0 Å². The van der Waals surface area contributed by atoms with E-state index >= 15 is 0 Å². The Bertz CT molecular complexity index is 181. The van der Waals surface area contributed by atoms with E-state index in [1.54, 1.807) is 13.8 Å². The molecule has 0 radical (unpaired) electrons. The highest BCUT2D eigenvalue weighted by Gasteiger charge is 2.49. The molecule has 0 atom stereocenters. The van der Waals surface area contributed by atoms with Crippen LogP contribution in [0, 0.1) is 5.92 Å². The molecule has 0 unspecified atom stereocenters. The van der Waals surface area contributed by atoms with E-state index in [-0.39, 0.29) is 18.9 Å². The van der Waals surface area contributed by atoms with Gasteiger partial charge in [0.15, 0.2) is 0 Å². The Morgan fingerprint density at radius 3 is 2.33 bits per heavy atom. The highest BCUT2D eigenvalue weighted by atomic mass is 19.3. The number of esters is 1. The molecule has 1 aliphatic carbocycles. The van der Waals surface area contributed by atoms with Gasteiger partial charge < -0.3 is 4.74 Å². The zero-order valence-corrected chi connectivity index (χ0v) is 7.14. The first-order chi connectivity index (χ1) is 5.41. The Morgan fingerprint density at radius 2 is 2.00 bits per heavy atom. The summed E-state index contributed by atoms with van der Waals surface area (Å²) in [6.07, 6.45) is -0.913. The normalized spacial score (nSPS) is 22.1. The van der Waals surface area contributed by atoms with Gasteiger partial charge in [0.1, 0.15) is 0 Å². The Hall–Kier alpha value is -0.670. The molecule has 0 aliphatic heterocycles. The third kappa shape index (κ3) is 2.16. The van der Waals surface area contributed by atoms with Crippen LogP contribution in [0.2, 0.25) is 0 Å². The lowest BCUT2D eigenvalue weighted by molar-refractivity contribution is -0.175. The average molecular weight is 178 g/mol. The molecule has 0 bridgehead atoms. The van der Waals surface area contributed by atoms with Crippen LogP contribution in [0.25, 0.3) is 0 Å². The van der Waals surface area contributed by atoms with E-state index in [1.807, 2.05) is 0 Å². The molecule has 0 spiro atoms. The molecular weight excluding hydrogens is 166 g/mol. The number of carbonyl (C=O) groups is 1. The summed E-state index contributed by atoms with van der Waals surface area (Å²) in [5.74, 6) is -3.71. The summed E-state index contributed by atoms with van der Waals surface area (Å²) in [6.45, 7) is 3.41. The van der Waals surface area contributed by atoms with Crippen molar-refractivity contribution in [3.05, 3.63) is 0 Å². The van der Waals surface area contributed by atoms with Crippen molar-refractivity contribution < 1.29 is 18.3 Å². The van der Waals surface area contributed by atoms with Crippen LogP contribution in [0.15, 0.2) is 0 Å². The zero-order valence-electron chi connectivity index (χ0n) is 7.14. The largest absolute Gasteiger partial charge is 0.463 e. The first kappa shape index (κ1) is 9.42. The summed E-state index contributed by atoms with van der Waals surface area (Å²) in [4.78, 5) is 11.0. The van der Waals surface area contributed by atoms with E-state index in [9.17, 15) is 13.6 Å². The van der Waals surface area contributed by atoms with Crippen molar-refractivity contribution in [1.29, 1.82) is 0 Å². The minimum Gasteiger partial charge on any atom is -0.463 e. The predicted octanol–water partition coefficient (Wildman–Crippen LogP) is 1.98. The molecule has 12 heavy (non-hydrogen) atoms. The monoisotopic (exact) mass is 178 g/mol. The van der Waals surface area contributed by atoms with E-state index in [0.717, 1.165) is 0 Å². The van der Waals surface area contributed by atoms with Crippen LogP contribution in [-0.4, -0.2) is 18.0 Å². The number of hydrogen-bond donors (Lipinski definition) is 0. The van der Waals surface area contributed by atoms with Gasteiger partial charge in [0.05, 0.1) is 12.0 Å². The standard InChI is InChI=1S/C8H12F2O2/c1-5(2)12-7(11)6-3-8(9,10)4-6/h5-6H,3-4H2,1-2H3. The first-order valence-corrected chi connectivity index (χ1v) is 3.99. The van der Waals surface area contributed by atoms with Gasteiger partial charge in [0, 0.05) is 12.8 Å². The summed E-state index contributed by atoms with van der Waals surface area (Å²) >= 11 is 0. The van der Waals surface area contributed by atoms with Crippen LogP contribution in [0.3, 0.4) is 0 Å². The molecule has 0 aromatic heterocycles. The van der Waals surface area contributed by atoms with Crippen LogP contribution in [0.5, 0.6) is 0 Å². The molecule has 1 rings (SSSR count). The van der Waals surface area contributed by atoms with Gasteiger partial charge in [-0.3, -0.25) is 4.79 Å². The summed E-state index contributed by atoms with van der Waals surface area (Å²) < 4.78 is 29.3. The Balaban J connectivity index is 2.29. The molecule has 1 fully saturated rings. The van der Waals surface area contributed by atoms with Crippen LogP contribution in [-0.2, 0) is 9.53 Å². The number of alkyl halides is 2. The zero-order chi connectivity index (χ0) is 9.35.